The second kappa shape index (κ2) is 5.57. The van der Waals surface area contributed by atoms with Crippen LogP contribution in [-0.2, 0) is 19.4 Å². The Morgan fingerprint density at radius 2 is 2.13 bits per heavy atom. The zero-order valence-electron chi connectivity index (χ0n) is 12.1. The van der Waals surface area contributed by atoms with E-state index in [1.807, 2.05) is 0 Å². The first-order valence-electron chi connectivity index (χ1n) is 6.42. The van der Waals surface area contributed by atoms with Crippen molar-refractivity contribution in [2.45, 2.75) is 11.3 Å². The van der Waals surface area contributed by atoms with E-state index < -0.39 is 21.9 Å². The summed E-state index contributed by atoms with van der Waals surface area (Å²) in [5, 5.41) is -0.312. The number of hydrogen-bond acceptors (Lipinski definition) is 7. The number of hydrogen-bond donors (Lipinski definition) is 0. The summed E-state index contributed by atoms with van der Waals surface area (Å²) in [5.41, 5.74) is 1.26. The third-order valence-electron chi connectivity index (χ3n) is 3.27. The highest BCUT2D eigenvalue weighted by molar-refractivity contribution is 9.10. The van der Waals surface area contributed by atoms with E-state index in [4.69, 9.17) is 9.47 Å². The van der Waals surface area contributed by atoms with Crippen molar-refractivity contribution in [3.05, 3.63) is 34.4 Å². The average molecular weight is 399 g/mol. The van der Waals surface area contributed by atoms with Crippen LogP contribution in [0.25, 0.3) is 11.3 Å². The highest BCUT2D eigenvalue weighted by Gasteiger charge is 2.34. The van der Waals surface area contributed by atoms with Gasteiger partial charge in [0.15, 0.2) is 0 Å². The molecule has 0 unspecified atom stereocenters. The quantitative estimate of drug-likeness (QED) is 0.562. The molecular formula is C14H11BrN2O5S. The third-order valence-corrected chi connectivity index (χ3v) is 4.62. The molecule has 9 heteroatoms. The molecule has 1 aliphatic rings. The van der Waals surface area contributed by atoms with Gasteiger partial charge in [0, 0.05) is 28.1 Å². The highest BCUT2D eigenvalue weighted by atomic mass is 79.9. The summed E-state index contributed by atoms with van der Waals surface area (Å²) in [6, 6.07) is 5.15. The maximum Gasteiger partial charge on any atom is 0.351 e. The lowest BCUT2D eigenvalue weighted by molar-refractivity contribution is -0.149. The van der Waals surface area contributed by atoms with E-state index in [0.717, 1.165) is 10.7 Å². The largest absolute Gasteiger partial charge is 0.473 e. The summed E-state index contributed by atoms with van der Waals surface area (Å²) in [6.07, 6.45) is 1.26. The molecule has 1 aromatic heterocycles. The normalized spacial score (nSPS) is 16.0. The Morgan fingerprint density at radius 3 is 2.78 bits per heavy atom. The van der Waals surface area contributed by atoms with Gasteiger partial charge in [-0.15, -0.1) is 0 Å². The van der Waals surface area contributed by atoms with Crippen LogP contribution in [0.5, 0.6) is 5.75 Å². The molecule has 0 spiro atoms. The fourth-order valence-corrected chi connectivity index (χ4v) is 3.09. The molecule has 2 aromatic rings. The van der Waals surface area contributed by atoms with Gasteiger partial charge in [-0.2, -0.15) is 0 Å². The van der Waals surface area contributed by atoms with Crippen molar-refractivity contribution < 1.29 is 22.7 Å². The van der Waals surface area contributed by atoms with Crippen molar-refractivity contribution in [3.63, 3.8) is 0 Å². The van der Waals surface area contributed by atoms with Crippen LogP contribution >= 0.6 is 15.9 Å². The topological polar surface area (TPSA) is 95.5 Å². The van der Waals surface area contributed by atoms with Gasteiger partial charge >= 0.3 is 5.97 Å². The molecule has 0 saturated carbocycles. The number of benzene rings is 1. The Labute approximate surface area is 140 Å². The predicted octanol–water partition coefficient (Wildman–Crippen LogP) is 1.92. The number of halogens is 1. The Hall–Kier alpha value is -2.00. The number of rotatable bonds is 2. The van der Waals surface area contributed by atoms with Crippen molar-refractivity contribution in [3.8, 4) is 17.0 Å². The molecule has 1 aromatic carbocycles. The lowest BCUT2D eigenvalue weighted by Crippen LogP contribution is -2.25. The van der Waals surface area contributed by atoms with Crippen LogP contribution < -0.4 is 4.74 Å². The number of fused-ring (bicyclic) bond motifs is 3. The van der Waals surface area contributed by atoms with Crippen LogP contribution in [0.15, 0.2) is 34.0 Å². The average Bonchev–Trinajstić information content (AvgIpc) is 2.52. The molecule has 2 heterocycles. The summed E-state index contributed by atoms with van der Waals surface area (Å²) >= 11 is 3.35. The second-order valence-corrected chi connectivity index (χ2v) is 7.72. The molecule has 7 nitrogen and oxygen atoms in total. The Kier molecular flexibility index (Phi) is 3.85. The monoisotopic (exact) mass is 398 g/mol. The Morgan fingerprint density at radius 1 is 1.39 bits per heavy atom. The molecule has 1 aliphatic heterocycles. The first-order valence-corrected chi connectivity index (χ1v) is 9.11. The van der Waals surface area contributed by atoms with Crippen LogP contribution in [0, 0.1) is 0 Å². The van der Waals surface area contributed by atoms with E-state index in [1.54, 1.807) is 18.2 Å². The maximum absolute atomic E-state index is 12.0. The molecule has 0 radical (unpaired) electrons. The number of carbonyl (C=O) groups excluding carboxylic acids is 1. The van der Waals surface area contributed by atoms with Crippen molar-refractivity contribution in [1.82, 2.24) is 9.97 Å². The van der Waals surface area contributed by atoms with Crippen LogP contribution in [0.2, 0.25) is 0 Å². The fourth-order valence-electron chi connectivity index (χ4n) is 2.22. The summed E-state index contributed by atoms with van der Waals surface area (Å²) in [6.45, 7) is 0. The fraction of sp³-hybridized carbons (Fsp3) is 0.214. The Balaban J connectivity index is 2.28. The van der Waals surface area contributed by atoms with Crippen molar-refractivity contribution in [2.24, 2.45) is 0 Å². The van der Waals surface area contributed by atoms with E-state index in [-0.39, 0.29) is 5.16 Å². The van der Waals surface area contributed by atoms with Crippen LogP contribution in [0.3, 0.4) is 0 Å². The predicted molar refractivity (Wildman–Crippen MR) is 83.7 cm³/mol. The zero-order chi connectivity index (χ0) is 16.8. The smallest absolute Gasteiger partial charge is 0.351 e. The molecule has 3 rings (SSSR count). The number of methoxy groups -OCH3 is 1. The van der Waals surface area contributed by atoms with Gasteiger partial charge in [-0.05, 0) is 18.2 Å². The molecule has 23 heavy (non-hydrogen) atoms. The van der Waals surface area contributed by atoms with Crippen molar-refractivity contribution in [2.75, 3.05) is 13.4 Å². The summed E-state index contributed by atoms with van der Waals surface area (Å²) < 4.78 is 34.6. The number of nitrogens with zero attached hydrogens (tertiary/aromatic N) is 2. The van der Waals surface area contributed by atoms with E-state index in [9.17, 15) is 13.2 Å². The van der Waals surface area contributed by atoms with E-state index in [1.165, 1.54) is 13.3 Å². The van der Waals surface area contributed by atoms with E-state index in [2.05, 4.69) is 25.9 Å². The Bertz CT molecular complexity index is 913. The summed E-state index contributed by atoms with van der Waals surface area (Å²) in [7, 11) is -2.34. The van der Waals surface area contributed by atoms with Gasteiger partial charge in [0.25, 0.3) is 0 Å². The summed E-state index contributed by atoms with van der Waals surface area (Å²) in [4.78, 5) is 19.9. The minimum Gasteiger partial charge on any atom is -0.473 e. The molecule has 0 fully saturated rings. The standard InChI is InChI=1S/C14H11BrN2O5S/c1-21-13(18)12-9-6-16-14(23(2,19)20)17-11(9)8-5-7(15)3-4-10(8)22-12/h3-6,12H,1-2H3/t12-/m1/s1. The highest BCUT2D eigenvalue weighted by Crippen LogP contribution is 2.42. The lowest BCUT2D eigenvalue weighted by atomic mass is 9.99. The van der Waals surface area contributed by atoms with Gasteiger partial charge in [0.2, 0.25) is 21.1 Å². The van der Waals surface area contributed by atoms with E-state index in [0.29, 0.717) is 22.6 Å². The van der Waals surface area contributed by atoms with Crippen molar-refractivity contribution >= 4 is 31.7 Å². The lowest BCUT2D eigenvalue weighted by Gasteiger charge is -2.26. The van der Waals surface area contributed by atoms with Crippen LogP contribution in [0.1, 0.15) is 11.7 Å². The maximum atomic E-state index is 12.0. The molecule has 0 bridgehead atoms. The first-order chi connectivity index (χ1) is 10.8. The van der Waals surface area contributed by atoms with Crippen LogP contribution in [-0.4, -0.2) is 37.7 Å². The van der Waals surface area contributed by atoms with Crippen LogP contribution in [0.4, 0.5) is 0 Å². The SMILES string of the molecule is COC(=O)[C@@H]1Oc2ccc(Br)cc2-c2nc(S(C)(=O)=O)ncc21. The molecule has 0 amide bonds. The molecule has 1 atom stereocenters. The third kappa shape index (κ3) is 2.81. The number of carbonyl (C=O) groups is 1. The number of esters is 1. The number of sulfone groups is 1. The molecule has 0 N–H and O–H groups in total. The first kappa shape index (κ1) is 15.9. The zero-order valence-corrected chi connectivity index (χ0v) is 14.5. The van der Waals surface area contributed by atoms with Gasteiger partial charge in [0.1, 0.15) is 5.75 Å². The van der Waals surface area contributed by atoms with Gasteiger partial charge < -0.3 is 9.47 Å². The number of ether oxygens (including phenoxy) is 2. The molecular weight excluding hydrogens is 388 g/mol. The van der Waals surface area contributed by atoms with Gasteiger partial charge in [-0.1, -0.05) is 15.9 Å². The molecule has 0 aliphatic carbocycles. The molecule has 0 saturated heterocycles. The summed E-state index contributed by atoms with van der Waals surface area (Å²) in [5.74, 6) is -0.204. The van der Waals surface area contributed by atoms with Gasteiger partial charge in [0.05, 0.1) is 12.8 Å². The van der Waals surface area contributed by atoms with Gasteiger partial charge in [-0.3, -0.25) is 0 Å². The minimum absolute atomic E-state index is 0.312. The minimum atomic E-state index is -3.58. The second-order valence-electron chi connectivity index (χ2n) is 4.89. The number of aromatic nitrogens is 2. The van der Waals surface area contributed by atoms with Gasteiger partial charge in [-0.25, -0.2) is 23.2 Å². The van der Waals surface area contributed by atoms with Crippen molar-refractivity contribution in [1.29, 1.82) is 0 Å². The van der Waals surface area contributed by atoms with E-state index >= 15 is 0 Å². The molecule has 120 valence electrons.